The van der Waals surface area contributed by atoms with Crippen molar-refractivity contribution >= 4 is 23.3 Å². The molecule has 0 atom stereocenters. The van der Waals surface area contributed by atoms with E-state index in [2.05, 4.69) is 10.4 Å². The minimum atomic E-state index is -0.506. The molecule has 4 rings (SSSR count). The second-order valence-corrected chi connectivity index (χ2v) is 7.38. The minimum Gasteiger partial charge on any atom is -0.497 e. The minimum absolute atomic E-state index is 0.0364. The quantitative estimate of drug-likeness (QED) is 0.424. The van der Waals surface area contributed by atoms with Crippen LogP contribution in [0.3, 0.4) is 0 Å². The molecule has 1 amide bonds. The number of halogens is 2. The fourth-order valence-corrected chi connectivity index (χ4v) is 3.37. The summed E-state index contributed by atoms with van der Waals surface area (Å²) in [5, 5.41) is 7.57. The van der Waals surface area contributed by atoms with E-state index in [0.29, 0.717) is 11.5 Å². The van der Waals surface area contributed by atoms with Crippen molar-refractivity contribution in [2.75, 3.05) is 12.4 Å². The molecule has 1 aromatic heterocycles. The molecule has 0 saturated carbocycles. The summed E-state index contributed by atoms with van der Waals surface area (Å²) in [5.41, 5.74) is 3.59. The smallest absolute Gasteiger partial charge is 0.258 e. The van der Waals surface area contributed by atoms with Gasteiger partial charge in [-0.05, 0) is 61.5 Å². The molecule has 1 heterocycles. The Balaban J connectivity index is 1.74. The van der Waals surface area contributed by atoms with Crippen LogP contribution in [0.5, 0.6) is 5.75 Å². The van der Waals surface area contributed by atoms with E-state index in [1.54, 1.807) is 17.9 Å². The number of ether oxygens (including phenoxy) is 1. The molecule has 7 heteroatoms. The molecule has 3 aromatic carbocycles. The van der Waals surface area contributed by atoms with Gasteiger partial charge < -0.3 is 10.1 Å². The molecule has 0 aliphatic carbocycles. The third-order valence-corrected chi connectivity index (χ3v) is 5.10. The molecule has 156 valence electrons. The molecule has 0 fully saturated rings. The van der Waals surface area contributed by atoms with Crippen molar-refractivity contribution < 1.29 is 13.9 Å². The average molecular weight is 436 g/mol. The van der Waals surface area contributed by atoms with Gasteiger partial charge in [0, 0.05) is 11.6 Å². The highest BCUT2D eigenvalue weighted by molar-refractivity contribution is 6.34. The van der Waals surface area contributed by atoms with E-state index >= 15 is 0 Å². The highest BCUT2D eigenvalue weighted by Crippen LogP contribution is 2.27. The number of hydrogen-bond donors (Lipinski definition) is 1. The Morgan fingerprint density at radius 3 is 2.39 bits per heavy atom. The van der Waals surface area contributed by atoms with Crippen LogP contribution < -0.4 is 10.1 Å². The number of anilines is 1. The molecule has 4 aromatic rings. The van der Waals surface area contributed by atoms with Gasteiger partial charge in [0.05, 0.1) is 29.1 Å². The Labute approximate surface area is 184 Å². The van der Waals surface area contributed by atoms with Crippen LogP contribution >= 0.6 is 11.6 Å². The maximum absolute atomic E-state index is 13.4. The summed E-state index contributed by atoms with van der Waals surface area (Å²) in [6, 6.07) is 20.7. The largest absolute Gasteiger partial charge is 0.497 e. The van der Waals surface area contributed by atoms with E-state index in [1.165, 1.54) is 12.1 Å². The fourth-order valence-electron chi connectivity index (χ4n) is 3.11. The van der Waals surface area contributed by atoms with E-state index in [4.69, 9.17) is 16.3 Å². The molecule has 0 radical (unpaired) electrons. The molecule has 0 saturated heterocycles. The normalized spacial score (nSPS) is 10.7. The Kier molecular flexibility index (Phi) is 5.73. The third kappa shape index (κ3) is 4.44. The maximum Gasteiger partial charge on any atom is 0.258 e. The Hall–Kier alpha value is -3.64. The molecule has 0 aliphatic heterocycles. The van der Waals surface area contributed by atoms with Crippen LogP contribution in [0.15, 0.2) is 72.8 Å². The zero-order valence-electron chi connectivity index (χ0n) is 16.9. The highest BCUT2D eigenvalue weighted by Gasteiger charge is 2.17. The van der Waals surface area contributed by atoms with Gasteiger partial charge in [0.25, 0.3) is 5.91 Å². The first kappa shape index (κ1) is 20.6. The van der Waals surface area contributed by atoms with Crippen LogP contribution in [-0.4, -0.2) is 22.8 Å². The zero-order chi connectivity index (χ0) is 22.0. The summed E-state index contributed by atoms with van der Waals surface area (Å²) >= 11 is 6.06. The van der Waals surface area contributed by atoms with Gasteiger partial charge in [-0.1, -0.05) is 29.3 Å². The standard InChI is InChI=1S/C24H19ClFN3O2/c1-15-3-8-18(9-4-15)29-23(27-24(30)20-12-7-17(26)13-21(20)25)14-22(28-29)16-5-10-19(31-2)11-6-16/h3-14H,1-2H3,(H,27,30). The summed E-state index contributed by atoms with van der Waals surface area (Å²) in [6.45, 7) is 1.99. The van der Waals surface area contributed by atoms with Gasteiger partial charge in [-0.15, -0.1) is 0 Å². The molecular weight excluding hydrogens is 417 g/mol. The topological polar surface area (TPSA) is 56.1 Å². The average Bonchev–Trinajstić information content (AvgIpc) is 3.18. The van der Waals surface area contributed by atoms with Crippen LogP contribution in [-0.2, 0) is 0 Å². The molecule has 31 heavy (non-hydrogen) atoms. The molecule has 5 nitrogen and oxygen atoms in total. The number of aryl methyl sites for hydroxylation is 1. The lowest BCUT2D eigenvalue weighted by Crippen LogP contribution is -2.15. The monoisotopic (exact) mass is 435 g/mol. The van der Waals surface area contributed by atoms with Crippen molar-refractivity contribution in [1.29, 1.82) is 0 Å². The van der Waals surface area contributed by atoms with Crippen LogP contribution in [0.2, 0.25) is 5.02 Å². The number of benzene rings is 3. The van der Waals surface area contributed by atoms with E-state index in [-0.39, 0.29) is 10.6 Å². The van der Waals surface area contributed by atoms with Crippen molar-refractivity contribution in [2.24, 2.45) is 0 Å². The number of methoxy groups -OCH3 is 1. The Morgan fingerprint density at radius 1 is 1.03 bits per heavy atom. The van der Waals surface area contributed by atoms with Gasteiger partial charge >= 0.3 is 0 Å². The number of carbonyl (C=O) groups is 1. The predicted octanol–water partition coefficient (Wildman–Crippen LogP) is 5.90. The molecule has 0 bridgehead atoms. The third-order valence-electron chi connectivity index (χ3n) is 4.79. The number of hydrogen-bond acceptors (Lipinski definition) is 3. The van der Waals surface area contributed by atoms with Gasteiger partial charge in [0.15, 0.2) is 0 Å². The van der Waals surface area contributed by atoms with E-state index in [0.717, 1.165) is 28.6 Å². The summed E-state index contributed by atoms with van der Waals surface area (Å²) in [6.07, 6.45) is 0. The van der Waals surface area contributed by atoms with Gasteiger partial charge in [-0.25, -0.2) is 9.07 Å². The predicted molar refractivity (Wildman–Crippen MR) is 120 cm³/mol. The number of nitrogens with one attached hydrogen (secondary N) is 1. The second kappa shape index (κ2) is 8.62. The Bertz CT molecular complexity index is 1230. The maximum atomic E-state index is 13.4. The van der Waals surface area contributed by atoms with Crippen molar-refractivity contribution in [1.82, 2.24) is 9.78 Å². The lowest BCUT2D eigenvalue weighted by atomic mass is 10.1. The van der Waals surface area contributed by atoms with E-state index < -0.39 is 11.7 Å². The number of aromatic nitrogens is 2. The molecule has 1 N–H and O–H groups in total. The molecule has 0 aliphatic rings. The summed E-state index contributed by atoms with van der Waals surface area (Å²) < 4.78 is 20.2. The van der Waals surface area contributed by atoms with Gasteiger partial charge in [-0.3, -0.25) is 4.79 Å². The summed E-state index contributed by atoms with van der Waals surface area (Å²) in [5.74, 6) is 0.230. The first-order chi connectivity index (χ1) is 14.9. The lowest BCUT2D eigenvalue weighted by Gasteiger charge is -2.10. The summed E-state index contributed by atoms with van der Waals surface area (Å²) in [4.78, 5) is 12.8. The van der Waals surface area contributed by atoms with E-state index in [1.807, 2.05) is 55.5 Å². The molecular formula is C24H19ClFN3O2. The van der Waals surface area contributed by atoms with Crippen LogP contribution in [0.25, 0.3) is 16.9 Å². The van der Waals surface area contributed by atoms with Gasteiger partial charge in [0.2, 0.25) is 0 Å². The fraction of sp³-hybridized carbons (Fsp3) is 0.0833. The first-order valence-corrected chi connectivity index (χ1v) is 9.90. The molecule has 0 spiro atoms. The number of rotatable bonds is 5. The van der Waals surface area contributed by atoms with Crippen molar-refractivity contribution in [3.63, 3.8) is 0 Å². The number of carbonyl (C=O) groups excluding carboxylic acids is 1. The molecule has 0 unspecified atom stereocenters. The van der Waals surface area contributed by atoms with E-state index in [9.17, 15) is 9.18 Å². The second-order valence-electron chi connectivity index (χ2n) is 6.97. The zero-order valence-corrected chi connectivity index (χ0v) is 17.7. The van der Waals surface area contributed by atoms with Crippen molar-refractivity contribution in [3.05, 3.63) is 94.8 Å². The van der Waals surface area contributed by atoms with Gasteiger partial charge in [-0.2, -0.15) is 5.10 Å². The number of nitrogens with zero attached hydrogens (tertiary/aromatic N) is 2. The lowest BCUT2D eigenvalue weighted by molar-refractivity contribution is 0.102. The SMILES string of the molecule is COc1ccc(-c2cc(NC(=O)c3ccc(F)cc3Cl)n(-c3ccc(C)cc3)n2)cc1. The van der Waals surface area contributed by atoms with Crippen LogP contribution in [0.1, 0.15) is 15.9 Å². The first-order valence-electron chi connectivity index (χ1n) is 9.52. The van der Waals surface area contributed by atoms with Crippen LogP contribution in [0, 0.1) is 12.7 Å². The van der Waals surface area contributed by atoms with Crippen molar-refractivity contribution in [2.45, 2.75) is 6.92 Å². The van der Waals surface area contributed by atoms with Crippen LogP contribution in [0.4, 0.5) is 10.2 Å². The van der Waals surface area contributed by atoms with Gasteiger partial charge in [0.1, 0.15) is 17.4 Å². The number of amides is 1. The van der Waals surface area contributed by atoms with Crippen molar-refractivity contribution in [3.8, 4) is 22.7 Å². The summed E-state index contributed by atoms with van der Waals surface area (Å²) in [7, 11) is 1.61. The highest BCUT2D eigenvalue weighted by atomic mass is 35.5. The Morgan fingerprint density at radius 2 is 1.74 bits per heavy atom.